The molecule has 0 radical (unpaired) electrons. The van der Waals surface area contributed by atoms with E-state index in [1.807, 2.05) is 0 Å². The van der Waals surface area contributed by atoms with E-state index in [1.165, 1.54) is 0 Å². The van der Waals surface area contributed by atoms with E-state index in [1.54, 1.807) is 13.8 Å². The number of nitrogens with two attached hydrogens (primary N) is 4. The van der Waals surface area contributed by atoms with E-state index < -0.39 is 171 Å². The number of likely N-dealkylation sites (tertiary alicyclic amines) is 1. The number of nitrogens with zero attached hydrogens (tertiary/aromatic N) is 1. The molecule has 0 saturated carbocycles. The summed E-state index contributed by atoms with van der Waals surface area (Å²) >= 11 is 0. The maximum atomic E-state index is 13.9. The topological polar surface area (TPSA) is 433 Å². The third-order valence-electron chi connectivity index (χ3n) is 9.08. The number of hydrogen-bond donors (Lipinski definition) is 12. The summed E-state index contributed by atoms with van der Waals surface area (Å²) in [6.07, 6.45) is -4.66. The molecule has 0 spiro atoms. The van der Waals surface area contributed by atoms with Gasteiger partial charge in [-0.3, -0.25) is 52.7 Å². The smallest absolute Gasteiger partial charge is 0.326 e. The van der Waals surface area contributed by atoms with Crippen LogP contribution in [0.5, 0.6) is 0 Å². The molecule has 1 rings (SSSR count). The Bertz CT molecular complexity index is 1640. The summed E-state index contributed by atoms with van der Waals surface area (Å²) in [5, 5.41) is 39.6. The third-order valence-corrected chi connectivity index (χ3v) is 9.08. The Morgan fingerprint density at radius 1 is 0.583 bits per heavy atom. The second kappa shape index (κ2) is 25.2. The lowest BCUT2D eigenvalue weighted by Gasteiger charge is -2.30. The molecular formula is C35H56N10O15. The van der Waals surface area contributed by atoms with Crippen LogP contribution in [-0.2, 0) is 57.5 Å². The lowest BCUT2D eigenvalue weighted by atomic mass is 10.0. The van der Waals surface area contributed by atoms with Crippen LogP contribution in [-0.4, -0.2) is 140 Å². The van der Waals surface area contributed by atoms with E-state index in [0.717, 1.165) is 4.90 Å². The lowest BCUT2D eigenvalue weighted by molar-refractivity contribution is -0.145. The maximum absolute atomic E-state index is 13.9. The van der Waals surface area contributed by atoms with E-state index in [0.29, 0.717) is 6.42 Å². The average molecular weight is 857 g/mol. The Kier molecular flexibility index (Phi) is 21.7. The van der Waals surface area contributed by atoms with Crippen molar-refractivity contribution < 1.29 is 72.9 Å². The average Bonchev–Trinajstić information content (AvgIpc) is 3.63. The molecule has 60 heavy (non-hydrogen) atoms. The fraction of sp³-hybridized carbons (Fsp3) is 0.657. The largest absolute Gasteiger partial charge is 0.481 e. The molecule has 1 heterocycles. The van der Waals surface area contributed by atoms with Crippen LogP contribution < -0.4 is 49.5 Å². The van der Waals surface area contributed by atoms with Crippen LogP contribution in [0.4, 0.5) is 0 Å². The molecule has 0 aromatic rings. The number of carboxylic acids is 3. The number of rotatable bonds is 28. The first-order valence-electron chi connectivity index (χ1n) is 19.0. The van der Waals surface area contributed by atoms with Gasteiger partial charge in [0.25, 0.3) is 0 Å². The second-order valence-electron chi connectivity index (χ2n) is 14.6. The molecule has 7 atom stereocenters. The Hall–Kier alpha value is -6.40. The number of aliphatic carboxylic acids is 3. The highest BCUT2D eigenvalue weighted by Gasteiger charge is 2.40. The molecule has 0 aromatic heterocycles. The normalized spacial score (nSPS) is 16.5. The lowest BCUT2D eigenvalue weighted by Crippen LogP contribution is -2.60. The van der Waals surface area contributed by atoms with Gasteiger partial charge < -0.3 is 69.7 Å². The molecule has 0 unspecified atom stereocenters. The van der Waals surface area contributed by atoms with Crippen LogP contribution >= 0.6 is 0 Å². The number of carbonyl (C=O) groups excluding carboxylic acids is 9. The minimum absolute atomic E-state index is 0.00675. The van der Waals surface area contributed by atoms with Crippen LogP contribution in [0.25, 0.3) is 0 Å². The Morgan fingerprint density at radius 2 is 1.00 bits per heavy atom. The molecule has 0 bridgehead atoms. The number of amides is 9. The Balaban J connectivity index is 3.43. The molecule has 1 aliphatic heterocycles. The zero-order valence-electron chi connectivity index (χ0n) is 33.3. The van der Waals surface area contributed by atoms with E-state index >= 15 is 0 Å². The molecule has 9 amide bonds. The number of carbonyl (C=O) groups is 12. The molecule has 0 aliphatic carbocycles. The summed E-state index contributed by atoms with van der Waals surface area (Å²) in [5.41, 5.74) is 21.2. The van der Waals surface area contributed by atoms with Crippen molar-refractivity contribution >= 4 is 71.1 Å². The first-order valence-corrected chi connectivity index (χ1v) is 19.0. The van der Waals surface area contributed by atoms with Crippen LogP contribution in [0.15, 0.2) is 0 Å². The quantitative estimate of drug-likeness (QED) is 0.0350. The molecule has 1 saturated heterocycles. The van der Waals surface area contributed by atoms with Gasteiger partial charge >= 0.3 is 17.9 Å². The van der Waals surface area contributed by atoms with Crippen LogP contribution in [0.2, 0.25) is 0 Å². The van der Waals surface area contributed by atoms with Gasteiger partial charge in [0.1, 0.15) is 36.3 Å². The van der Waals surface area contributed by atoms with Gasteiger partial charge in [-0.25, -0.2) is 4.79 Å². The molecule has 1 fully saturated rings. The van der Waals surface area contributed by atoms with Crippen molar-refractivity contribution in [1.29, 1.82) is 0 Å². The maximum Gasteiger partial charge on any atom is 0.326 e. The highest BCUT2D eigenvalue weighted by Crippen LogP contribution is 2.21. The van der Waals surface area contributed by atoms with Crippen molar-refractivity contribution in [2.45, 2.75) is 133 Å². The van der Waals surface area contributed by atoms with Crippen molar-refractivity contribution in [3.63, 3.8) is 0 Å². The SMILES string of the molecule is CC(C)C[C@H](NC(=O)[C@@H]1CCCN1C(=O)[C@H](CCC(N)=O)NC(=O)[C@H](CCC(=O)O)NC(=O)[C@H](CCC(N)=O)NC(=O)[C@H](CCC(=O)O)NC(=O)[C@@H](N)CC(N)=O)C(=O)O. The molecular weight excluding hydrogens is 800 g/mol. The van der Waals surface area contributed by atoms with Crippen molar-refractivity contribution in [2.24, 2.45) is 28.9 Å². The summed E-state index contributed by atoms with van der Waals surface area (Å²) < 4.78 is 0. The van der Waals surface area contributed by atoms with E-state index in [-0.39, 0.29) is 25.3 Å². The third kappa shape index (κ3) is 18.9. The summed E-state index contributed by atoms with van der Waals surface area (Å²) in [6, 6.07) is -10.8. The van der Waals surface area contributed by atoms with Gasteiger partial charge in [-0.2, -0.15) is 0 Å². The monoisotopic (exact) mass is 856 g/mol. The zero-order valence-corrected chi connectivity index (χ0v) is 33.3. The first-order chi connectivity index (χ1) is 27.9. The fourth-order valence-electron chi connectivity index (χ4n) is 6.04. The van der Waals surface area contributed by atoms with Gasteiger partial charge in [0, 0.05) is 32.2 Å². The second-order valence-corrected chi connectivity index (χ2v) is 14.6. The van der Waals surface area contributed by atoms with Crippen molar-refractivity contribution in [2.75, 3.05) is 6.54 Å². The summed E-state index contributed by atoms with van der Waals surface area (Å²) in [5.74, 6) is -13.3. The number of hydrogen-bond acceptors (Lipinski definition) is 13. The molecule has 0 aromatic carbocycles. The molecule has 1 aliphatic rings. The summed E-state index contributed by atoms with van der Waals surface area (Å²) in [7, 11) is 0. The summed E-state index contributed by atoms with van der Waals surface area (Å²) in [6.45, 7) is 3.49. The Labute approximate surface area is 343 Å². The summed E-state index contributed by atoms with van der Waals surface area (Å²) in [4.78, 5) is 151. The van der Waals surface area contributed by atoms with E-state index in [9.17, 15) is 72.9 Å². The molecule has 16 N–H and O–H groups in total. The number of carboxylic acid groups (broad SMARTS) is 3. The van der Waals surface area contributed by atoms with Crippen LogP contribution in [0.1, 0.15) is 90.9 Å². The van der Waals surface area contributed by atoms with Crippen molar-refractivity contribution in [3.8, 4) is 0 Å². The van der Waals surface area contributed by atoms with Gasteiger partial charge in [-0.15, -0.1) is 0 Å². The number of nitrogens with one attached hydrogen (secondary N) is 5. The first kappa shape index (κ1) is 51.6. The molecule has 336 valence electrons. The van der Waals surface area contributed by atoms with Gasteiger partial charge in [0.05, 0.1) is 12.5 Å². The highest BCUT2D eigenvalue weighted by atomic mass is 16.4. The zero-order chi connectivity index (χ0) is 45.9. The minimum atomic E-state index is -1.77. The van der Waals surface area contributed by atoms with Crippen molar-refractivity contribution in [1.82, 2.24) is 31.5 Å². The van der Waals surface area contributed by atoms with E-state index in [4.69, 9.17) is 22.9 Å². The number of primary amides is 3. The van der Waals surface area contributed by atoms with E-state index in [2.05, 4.69) is 26.6 Å². The van der Waals surface area contributed by atoms with Gasteiger partial charge in [0.2, 0.25) is 53.2 Å². The van der Waals surface area contributed by atoms with Crippen LogP contribution in [0.3, 0.4) is 0 Å². The van der Waals surface area contributed by atoms with Gasteiger partial charge in [-0.1, -0.05) is 13.8 Å². The highest BCUT2D eigenvalue weighted by molar-refractivity contribution is 5.98. The molecule has 25 nitrogen and oxygen atoms in total. The predicted octanol–water partition coefficient (Wildman–Crippen LogP) is -5.00. The predicted molar refractivity (Wildman–Crippen MR) is 204 cm³/mol. The van der Waals surface area contributed by atoms with Gasteiger partial charge in [0.15, 0.2) is 0 Å². The van der Waals surface area contributed by atoms with Crippen LogP contribution in [0, 0.1) is 5.92 Å². The van der Waals surface area contributed by atoms with Crippen molar-refractivity contribution in [3.05, 3.63) is 0 Å². The minimum Gasteiger partial charge on any atom is -0.481 e. The fourth-order valence-corrected chi connectivity index (χ4v) is 6.04. The standard InChI is InChI=1S/C35H56N10O15/c1-16(2)14-22(35(59)60)44-33(57)23-4-3-13-45(23)34(58)21(6-10-25(38)47)43-32(56)20(8-12-28(51)52)42-30(54)18(5-9-24(37)46)41-31(55)19(7-11-27(49)50)40-29(53)17(36)15-26(39)48/h16-23H,3-15,36H2,1-2H3,(H2,37,46)(H2,38,47)(H2,39,48)(H,40,53)(H,41,55)(H,42,54)(H,43,56)(H,44,57)(H,49,50)(H,51,52)(H,59,60)/t17-,18-,19-,20-,21-,22-,23-/m0/s1. The Morgan fingerprint density at radius 3 is 1.40 bits per heavy atom. The molecule has 25 heteroatoms. The van der Waals surface area contributed by atoms with Gasteiger partial charge in [-0.05, 0) is 50.9 Å².